The average Bonchev–Trinajstić information content (AvgIpc) is 2.47. The van der Waals surface area contributed by atoms with Gasteiger partial charge in [-0.3, -0.25) is 4.90 Å². The molecule has 118 valence electrons. The van der Waals surface area contributed by atoms with Crippen molar-refractivity contribution in [3.8, 4) is 0 Å². The molecule has 6 heteroatoms. The molecule has 1 fully saturated rings. The Morgan fingerprint density at radius 1 is 0.952 bits per heavy atom. The molecule has 0 unspecified atom stereocenters. The summed E-state index contributed by atoms with van der Waals surface area (Å²) < 4.78 is 50.3. The number of hydrogen-bond acceptors (Lipinski definition) is 2. The Kier molecular flexibility index (Phi) is 5.58. The van der Waals surface area contributed by atoms with Crippen LogP contribution in [0.4, 0.5) is 17.6 Å². The molecule has 0 spiro atoms. The molecule has 0 saturated carbocycles. The summed E-state index contributed by atoms with van der Waals surface area (Å²) >= 11 is 0. The first-order chi connectivity index (χ1) is 9.97. The van der Waals surface area contributed by atoms with Gasteiger partial charge in [-0.15, -0.1) is 0 Å². The van der Waals surface area contributed by atoms with E-state index in [0.717, 1.165) is 13.0 Å². The van der Waals surface area contributed by atoms with Gasteiger partial charge in [-0.2, -0.15) is 8.78 Å². The van der Waals surface area contributed by atoms with Crippen molar-refractivity contribution in [3.63, 3.8) is 0 Å². The standard InChI is InChI=1S/C15H20F4N2/c16-14(17)15(18,19)12-21-10-8-20(9-11-21)7-6-13-4-2-1-3-5-13/h1-5,14H,6-12H2. The van der Waals surface area contributed by atoms with Crippen LogP contribution in [0.15, 0.2) is 30.3 Å². The van der Waals surface area contributed by atoms with Crippen molar-refractivity contribution in [3.05, 3.63) is 35.9 Å². The normalized spacial score (nSPS) is 18.3. The molecule has 0 radical (unpaired) electrons. The van der Waals surface area contributed by atoms with Crippen LogP contribution in [0.3, 0.4) is 0 Å². The minimum atomic E-state index is -3.91. The molecule has 0 aliphatic carbocycles. The Labute approximate surface area is 122 Å². The van der Waals surface area contributed by atoms with Crippen LogP contribution in [0.2, 0.25) is 0 Å². The van der Waals surface area contributed by atoms with Crippen LogP contribution in [0.1, 0.15) is 5.56 Å². The zero-order valence-electron chi connectivity index (χ0n) is 11.8. The second-order valence-corrected chi connectivity index (χ2v) is 5.42. The molecule has 1 aromatic carbocycles. The summed E-state index contributed by atoms with van der Waals surface area (Å²) in [5.74, 6) is -3.91. The van der Waals surface area contributed by atoms with Crippen LogP contribution in [0.25, 0.3) is 0 Å². The van der Waals surface area contributed by atoms with Crippen LogP contribution < -0.4 is 0 Å². The zero-order valence-corrected chi connectivity index (χ0v) is 11.8. The first kappa shape index (κ1) is 16.2. The molecule has 0 N–H and O–H groups in total. The first-order valence-electron chi connectivity index (χ1n) is 7.12. The summed E-state index contributed by atoms with van der Waals surface area (Å²) in [6.45, 7) is 2.13. The summed E-state index contributed by atoms with van der Waals surface area (Å²) in [5.41, 5.74) is 1.24. The molecule has 2 rings (SSSR count). The van der Waals surface area contributed by atoms with Crippen molar-refractivity contribution in [2.75, 3.05) is 39.3 Å². The topological polar surface area (TPSA) is 6.48 Å². The highest BCUT2D eigenvalue weighted by atomic mass is 19.3. The van der Waals surface area contributed by atoms with Crippen LogP contribution in [0.5, 0.6) is 0 Å². The monoisotopic (exact) mass is 304 g/mol. The van der Waals surface area contributed by atoms with Gasteiger partial charge in [0.25, 0.3) is 0 Å². The maximum absolute atomic E-state index is 13.0. The highest BCUT2D eigenvalue weighted by molar-refractivity contribution is 5.14. The maximum atomic E-state index is 13.0. The van der Waals surface area contributed by atoms with Crippen LogP contribution in [-0.2, 0) is 6.42 Å². The summed E-state index contributed by atoms with van der Waals surface area (Å²) in [4.78, 5) is 3.61. The van der Waals surface area contributed by atoms with E-state index in [1.165, 1.54) is 10.5 Å². The lowest BCUT2D eigenvalue weighted by Gasteiger charge is -2.36. The quantitative estimate of drug-likeness (QED) is 0.746. The van der Waals surface area contributed by atoms with Crippen molar-refractivity contribution in [2.45, 2.75) is 18.8 Å². The first-order valence-corrected chi connectivity index (χ1v) is 7.12. The van der Waals surface area contributed by atoms with E-state index in [-0.39, 0.29) is 0 Å². The van der Waals surface area contributed by atoms with Crippen LogP contribution >= 0.6 is 0 Å². The third-order valence-electron chi connectivity index (χ3n) is 3.78. The second kappa shape index (κ2) is 7.22. The van der Waals surface area contributed by atoms with Gasteiger partial charge < -0.3 is 4.90 Å². The van der Waals surface area contributed by atoms with E-state index in [2.05, 4.69) is 17.0 Å². The maximum Gasteiger partial charge on any atom is 0.319 e. The smallest absolute Gasteiger partial charge is 0.300 e. The van der Waals surface area contributed by atoms with E-state index in [4.69, 9.17) is 0 Å². The number of benzene rings is 1. The summed E-state index contributed by atoms with van der Waals surface area (Å²) in [7, 11) is 0. The van der Waals surface area contributed by atoms with Gasteiger partial charge in [0.2, 0.25) is 0 Å². The minimum Gasteiger partial charge on any atom is -0.300 e. The van der Waals surface area contributed by atoms with E-state index in [0.29, 0.717) is 26.2 Å². The largest absolute Gasteiger partial charge is 0.319 e. The SMILES string of the molecule is FC(F)C(F)(F)CN1CCN(CCc2ccccc2)CC1. The van der Waals surface area contributed by atoms with Gasteiger partial charge in [0.05, 0.1) is 6.54 Å². The summed E-state index contributed by atoms with van der Waals surface area (Å²) in [6, 6.07) is 10.0. The molecule has 0 atom stereocenters. The van der Waals surface area contributed by atoms with Crippen LogP contribution in [0, 0.1) is 0 Å². The molecule has 0 amide bonds. The fraction of sp³-hybridized carbons (Fsp3) is 0.600. The molecule has 1 aromatic rings. The average molecular weight is 304 g/mol. The molecule has 0 bridgehead atoms. The molecule has 2 nitrogen and oxygen atoms in total. The second-order valence-electron chi connectivity index (χ2n) is 5.42. The molecule has 1 aliphatic rings. The highest BCUT2D eigenvalue weighted by Crippen LogP contribution is 2.24. The number of rotatable bonds is 6. The molecule has 1 saturated heterocycles. The minimum absolute atomic E-state index is 0.414. The van der Waals surface area contributed by atoms with Gasteiger partial charge >= 0.3 is 12.3 Å². The van der Waals surface area contributed by atoms with Gasteiger partial charge in [-0.05, 0) is 12.0 Å². The van der Waals surface area contributed by atoms with Crippen molar-refractivity contribution in [1.29, 1.82) is 0 Å². The lowest BCUT2D eigenvalue weighted by molar-refractivity contribution is -0.144. The van der Waals surface area contributed by atoms with E-state index in [1.54, 1.807) is 0 Å². The van der Waals surface area contributed by atoms with Gasteiger partial charge in [0.1, 0.15) is 0 Å². The summed E-state index contributed by atoms with van der Waals surface area (Å²) in [5, 5.41) is 0. The van der Waals surface area contributed by atoms with Crippen molar-refractivity contribution < 1.29 is 17.6 Å². The Morgan fingerprint density at radius 3 is 2.10 bits per heavy atom. The van der Waals surface area contributed by atoms with Gasteiger partial charge in [0.15, 0.2) is 0 Å². The number of hydrogen-bond donors (Lipinski definition) is 0. The molecule has 1 heterocycles. The Morgan fingerprint density at radius 2 is 1.52 bits per heavy atom. The fourth-order valence-corrected chi connectivity index (χ4v) is 2.47. The van der Waals surface area contributed by atoms with Gasteiger partial charge in [-0.1, -0.05) is 30.3 Å². The zero-order chi connectivity index (χ0) is 15.3. The van der Waals surface area contributed by atoms with Gasteiger partial charge in [0, 0.05) is 32.7 Å². The molecular weight excluding hydrogens is 284 g/mol. The molecular formula is C15H20F4N2. The number of alkyl halides is 4. The lowest BCUT2D eigenvalue weighted by Crippen LogP contribution is -2.51. The third kappa shape index (κ3) is 4.97. The van der Waals surface area contributed by atoms with E-state index >= 15 is 0 Å². The Hall–Kier alpha value is -1.14. The number of nitrogens with zero attached hydrogens (tertiary/aromatic N) is 2. The van der Waals surface area contributed by atoms with E-state index < -0.39 is 18.9 Å². The van der Waals surface area contributed by atoms with E-state index in [1.807, 2.05) is 18.2 Å². The molecule has 0 aromatic heterocycles. The van der Waals surface area contributed by atoms with Crippen LogP contribution in [-0.4, -0.2) is 61.4 Å². The molecule has 1 aliphatic heterocycles. The number of halogens is 4. The Balaban J connectivity index is 1.71. The number of piperazine rings is 1. The van der Waals surface area contributed by atoms with Gasteiger partial charge in [-0.25, -0.2) is 8.78 Å². The third-order valence-corrected chi connectivity index (χ3v) is 3.78. The summed E-state index contributed by atoms with van der Waals surface area (Å²) in [6.07, 6.45) is -2.68. The molecule has 21 heavy (non-hydrogen) atoms. The Bertz CT molecular complexity index is 417. The van der Waals surface area contributed by atoms with Crippen molar-refractivity contribution in [1.82, 2.24) is 9.80 Å². The fourth-order valence-electron chi connectivity index (χ4n) is 2.47. The van der Waals surface area contributed by atoms with E-state index in [9.17, 15) is 17.6 Å². The highest BCUT2D eigenvalue weighted by Gasteiger charge is 2.42. The predicted molar refractivity (Wildman–Crippen MR) is 74.0 cm³/mol. The van der Waals surface area contributed by atoms with Crippen molar-refractivity contribution >= 4 is 0 Å². The lowest BCUT2D eigenvalue weighted by atomic mass is 10.1. The predicted octanol–water partition coefficient (Wildman–Crippen LogP) is 2.75. The van der Waals surface area contributed by atoms with Crippen molar-refractivity contribution in [2.24, 2.45) is 0 Å².